The van der Waals surface area contributed by atoms with Crippen LogP contribution in [0.2, 0.25) is 0 Å². The SMILES string of the molecule is CCCCC(CCCC)c1nc(N)c(C(=O)OC)s1. The van der Waals surface area contributed by atoms with Gasteiger partial charge >= 0.3 is 5.97 Å². The summed E-state index contributed by atoms with van der Waals surface area (Å²) < 4.78 is 4.72. The monoisotopic (exact) mass is 284 g/mol. The number of hydrogen-bond acceptors (Lipinski definition) is 5. The highest BCUT2D eigenvalue weighted by Crippen LogP contribution is 2.33. The molecule has 0 unspecified atom stereocenters. The van der Waals surface area contributed by atoms with Crippen molar-refractivity contribution in [3.63, 3.8) is 0 Å². The molecule has 0 aliphatic heterocycles. The Bertz CT molecular complexity index is 396. The molecule has 2 N–H and O–H groups in total. The van der Waals surface area contributed by atoms with Gasteiger partial charge in [0.1, 0.15) is 5.82 Å². The Labute approximate surface area is 119 Å². The van der Waals surface area contributed by atoms with Crippen LogP contribution in [0.4, 0.5) is 5.82 Å². The normalized spacial score (nSPS) is 10.9. The average molecular weight is 284 g/mol. The Hall–Kier alpha value is -1.10. The summed E-state index contributed by atoms with van der Waals surface area (Å²) in [6.07, 6.45) is 6.94. The number of nitrogen functional groups attached to an aromatic ring is 1. The number of carbonyl (C=O) groups is 1. The van der Waals surface area contributed by atoms with E-state index in [2.05, 4.69) is 18.8 Å². The predicted molar refractivity (Wildman–Crippen MR) is 79.7 cm³/mol. The Kier molecular flexibility index (Phi) is 6.84. The minimum atomic E-state index is -0.383. The highest BCUT2D eigenvalue weighted by molar-refractivity contribution is 7.14. The van der Waals surface area contributed by atoms with Crippen LogP contribution in [-0.2, 0) is 4.74 Å². The summed E-state index contributed by atoms with van der Waals surface area (Å²) in [4.78, 5) is 16.4. The van der Waals surface area contributed by atoms with E-state index < -0.39 is 0 Å². The fourth-order valence-corrected chi connectivity index (χ4v) is 3.13. The molecular weight excluding hydrogens is 260 g/mol. The minimum Gasteiger partial charge on any atom is -0.465 e. The third-order valence-corrected chi connectivity index (χ3v) is 4.42. The number of nitrogens with zero attached hydrogens (tertiary/aromatic N) is 1. The molecule has 4 nitrogen and oxygen atoms in total. The average Bonchev–Trinajstić information content (AvgIpc) is 2.80. The van der Waals surface area contributed by atoms with Crippen molar-refractivity contribution in [2.24, 2.45) is 0 Å². The maximum Gasteiger partial charge on any atom is 0.351 e. The molecule has 0 radical (unpaired) electrons. The lowest BCUT2D eigenvalue weighted by Crippen LogP contribution is -2.02. The fourth-order valence-electron chi connectivity index (χ4n) is 2.06. The summed E-state index contributed by atoms with van der Waals surface area (Å²) in [6.45, 7) is 4.37. The lowest BCUT2D eigenvalue weighted by molar-refractivity contribution is 0.0607. The number of ether oxygens (including phenoxy) is 1. The van der Waals surface area contributed by atoms with Crippen LogP contribution in [0.25, 0.3) is 0 Å². The maximum absolute atomic E-state index is 11.6. The number of esters is 1. The Balaban J connectivity index is 2.85. The molecule has 0 fully saturated rings. The summed E-state index contributed by atoms with van der Waals surface area (Å²) in [5.74, 6) is 0.349. The molecule has 0 aromatic carbocycles. The summed E-state index contributed by atoms with van der Waals surface area (Å²) in [6, 6.07) is 0. The first-order chi connectivity index (χ1) is 9.13. The van der Waals surface area contributed by atoms with Gasteiger partial charge < -0.3 is 10.5 Å². The lowest BCUT2D eigenvalue weighted by Gasteiger charge is -2.13. The Morgan fingerprint density at radius 2 is 1.89 bits per heavy atom. The predicted octanol–water partition coefficient (Wildman–Crippen LogP) is 3.98. The van der Waals surface area contributed by atoms with Crippen molar-refractivity contribution in [2.45, 2.75) is 58.3 Å². The molecule has 1 heterocycles. The number of aromatic nitrogens is 1. The third-order valence-electron chi connectivity index (χ3n) is 3.20. The molecule has 0 amide bonds. The molecule has 1 aromatic heterocycles. The number of rotatable bonds is 8. The van der Waals surface area contributed by atoms with Crippen molar-refractivity contribution in [1.82, 2.24) is 4.98 Å². The molecule has 0 aliphatic carbocycles. The van der Waals surface area contributed by atoms with Crippen molar-refractivity contribution in [3.05, 3.63) is 9.88 Å². The first kappa shape index (κ1) is 16.0. The molecule has 0 bridgehead atoms. The molecule has 1 aromatic rings. The summed E-state index contributed by atoms with van der Waals surface area (Å²) >= 11 is 1.39. The molecule has 0 saturated carbocycles. The van der Waals surface area contributed by atoms with E-state index in [9.17, 15) is 4.79 Å². The molecular formula is C14H24N2O2S. The van der Waals surface area contributed by atoms with Crippen LogP contribution < -0.4 is 5.73 Å². The van der Waals surface area contributed by atoms with Gasteiger partial charge in [-0.1, -0.05) is 39.5 Å². The van der Waals surface area contributed by atoms with Gasteiger partial charge in [0, 0.05) is 5.92 Å². The smallest absolute Gasteiger partial charge is 0.351 e. The molecule has 0 atom stereocenters. The molecule has 19 heavy (non-hydrogen) atoms. The Morgan fingerprint density at radius 3 is 2.37 bits per heavy atom. The number of hydrogen-bond donors (Lipinski definition) is 1. The van der Waals surface area contributed by atoms with Crippen LogP contribution in [0.15, 0.2) is 0 Å². The van der Waals surface area contributed by atoms with Gasteiger partial charge in [-0.25, -0.2) is 9.78 Å². The van der Waals surface area contributed by atoms with Crippen molar-refractivity contribution in [1.29, 1.82) is 0 Å². The highest BCUT2D eigenvalue weighted by Gasteiger charge is 2.21. The van der Waals surface area contributed by atoms with E-state index in [1.54, 1.807) is 0 Å². The van der Waals surface area contributed by atoms with Gasteiger partial charge in [0.2, 0.25) is 0 Å². The van der Waals surface area contributed by atoms with Gasteiger partial charge in [-0.05, 0) is 12.8 Å². The number of unbranched alkanes of at least 4 members (excludes halogenated alkanes) is 2. The third kappa shape index (κ3) is 4.49. The van der Waals surface area contributed by atoms with E-state index >= 15 is 0 Å². The second-order valence-corrected chi connectivity index (χ2v) is 5.77. The van der Waals surface area contributed by atoms with Gasteiger partial charge in [0.15, 0.2) is 4.88 Å². The van der Waals surface area contributed by atoms with Crippen LogP contribution >= 0.6 is 11.3 Å². The number of methoxy groups -OCH3 is 1. The summed E-state index contributed by atoms with van der Waals surface area (Å²) in [5.41, 5.74) is 5.81. The second-order valence-electron chi connectivity index (χ2n) is 4.74. The van der Waals surface area contributed by atoms with E-state index in [0.717, 1.165) is 17.8 Å². The van der Waals surface area contributed by atoms with Crippen molar-refractivity contribution in [3.8, 4) is 0 Å². The highest BCUT2D eigenvalue weighted by atomic mass is 32.1. The lowest BCUT2D eigenvalue weighted by atomic mass is 9.97. The van der Waals surface area contributed by atoms with Crippen molar-refractivity contribution in [2.75, 3.05) is 12.8 Å². The maximum atomic E-state index is 11.6. The Morgan fingerprint density at radius 1 is 1.32 bits per heavy atom. The molecule has 0 saturated heterocycles. The first-order valence-electron chi connectivity index (χ1n) is 6.98. The van der Waals surface area contributed by atoms with Gasteiger partial charge in [0.25, 0.3) is 0 Å². The molecule has 108 valence electrons. The number of nitrogens with two attached hydrogens (primary N) is 1. The second kappa shape index (κ2) is 8.15. The number of thiazole rings is 1. The van der Waals surface area contributed by atoms with Crippen LogP contribution in [-0.4, -0.2) is 18.1 Å². The van der Waals surface area contributed by atoms with Gasteiger partial charge in [-0.15, -0.1) is 11.3 Å². The molecule has 5 heteroatoms. The molecule has 1 rings (SSSR count). The summed E-state index contributed by atoms with van der Waals surface area (Å²) in [7, 11) is 1.37. The molecule has 0 aliphatic rings. The van der Waals surface area contributed by atoms with Crippen LogP contribution in [0.3, 0.4) is 0 Å². The van der Waals surface area contributed by atoms with E-state index in [1.165, 1.54) is 44.1 Å². The van der Waals surface area contributed by atoms with Crippen molar-refractivity contribution >= 4 is 23.1 Å². The van der Waals surface area contributed by atoms with Gasteiger partial charge in [0.05, 0.1) is 12.1 Å². The van der Waals surface area contributed by atoms with E-state index in [1.807, 2.05) is 0 Å². The van der Waals surface area contributed by atoms with Crippen LogP contribution in [0.1, 0.15) is 73.0 Å². The number of carbonyl (C=O) groups excluding carboxylic acids is 1. The largest absolute Gasteiger partial charge is 0.465 e. The van der Waals surface area contributed by atoms with Gasteiger partial charge in [-0.3, -0.25) is 0 Å². The van der Waals surface area contributed by atoms with Gasteiger partial charge in [-0.2, -0.15) is 0 Å². The fraction of sp³-hybridized carbons (Fsp3) is 0.714. The topological polar surface area (TPSA) is 65.2 Å². The van der Waals surface area contributed by atoms with Crippen molar-refractivity contribution < 1.29 is 9.53 Å². The quantitative estimate of drug-likeness (QED) is 0.733. The van der Waals surface area contributed by atoms with E-state index in [0.29, 0.717) is 16.6 Å². The zero-order valence-electron chi connectivity index (χ0n) is 12.1. The van der Waals surface area contributed by atoms with E-state index in [-0.39, 0.29) is 5.97 Å². The summed E-state index contributed by atoms with van der Waals surface area (Å²) in [5, 5.41) is 0.986. The zero-order chi connectivity index (χ0) is 14.3. The van der Waals surface area contributed by atoms with E-state index in [4.69, 9.17) is 10.5 Å². The van der Waals surface area contributed by atoms with Crippen LogP contribution in [0.5, 0.6) is 0 Å². The van der Waals surface area contributed by atoms with Crippen LogP contribution in [0, 0.1) is 0 Å². The number of anilines is 1. The molecule has 0 spiro atoms. The first-order valence-corrected chi connectivity index (χ1v) is 7.80. The zero-order valence-corrected chi connectivity index (χ0v) is 12.9. The standard InChI is InChI=1S/C14H24N2O2S/c1-4-6-8-10(9-7-5-2)13-16-12(15)11(19-13)14(17)18-3/h10H,4-9,15H2,1-3H3. The minimum absolute atomic E-state index is 0.310.